The lowest BCUT2D eigenvalue weighted by Crippen LogP contribution is -2.48. The summed E-state index contributed by atoms with van der Waals surface area (Å²) in [5.41, 5.74) is 0.693. The average molecular weight is 467 g/mol. The van der Waals surface area contributed by atoms with E-state index in [1.54, 1.807) is 18.2 Å². The molecule has 1 aliphatic rings. The van der Waals surface area contributed by atoms with E-state index in [4.69, 9.17) is 21.1 Å². The van der Waals surface area contributed by atoms with Gasteiger partial charge in [-0.3, -0.25) is 4.79 Å². The van der Waals surface area contributed by atoms with E-state index in [1.807, 2.05) is 26.8 Å². The van der Waals surface area contributed by atoms with Gasteiger partial charge in [0, 0.05) is 18.7 Å². The van der Waals surface area contributed by atoms with Crippen molar-refractivity contribution in [2.45, 2.75) is 44.3 Å². The first-order chi connectivity index (χ1) is 14.7. The Morgan fingerprint density at radius 2 is 1.87 bits per heavy atom. The zero-order valence-corrected chi connectivity index (χ0v) is 19.4. The lowest BCUT2D eigenvalue weighted by Gasteiger charge is -2.34. The summed E-state index contributed by atoms with van der Waals surface area (Å²) in [7, 11) is -3.89. The number of hydrogen-bond acceptors (Lipinski definition) is 5. The van der Waals surface area contributed by atoms with Crippen molar-refractivity contribution in [3.63, 3.8) is 0 Å². The molecule has 0 saturated carbocycles. The molecule has 2 aromatic carbocycles. The molecule has 7 nitrogen and oxygen atoms in total. The molecule has 0 aliphatic carbocycles. The molecule has 0 radical (unpaired) electrons. The average Bonchev–Trinajstić information content (AvgIpc) is 2.72. The molecule has 3 rings (SSSR count). The number of nitrogens with zero attached hydrogens (tertiary/aromatic N) is 1. The molecule has 1 aliphatic heterocycles. The molecule has 1 fully saturated rings. The molecule has 1 amide bonds. The highest BCUT2D eigenvalue weighted by Crippen LogP contribution is 2.29. The normalized spacial score (nSPS) is 19.7. The Morgan fingerprint density at radius 1 is 1.19 bits per heavy atom. The molecule has 2 atom stereocenters. The lowest BCUT2D eigenvalue weighted by molar-refractivity contribution is -0.0440. The smallest absolute Gasteiger partial charge is 0.255 e. The lowest BCUT2D eigenvalue weighted by atomic mass is 10.2. The Balaban J connectivity index is 1.87. The summed E-state index contributed by atoms with van der Waals surface area (Å²) < 4.78 is 39.1. The van der Waals surface area contributed by atoms with Gasteiger partial charge in [0.05, 0.1) is 29.5 Å². The summed E-state index contributed by atoms with van der Waals surface area (Å²) in [5, 5.41) is 2.86. The number of morpholine rings is 1. The van der Waals surface area contributed by atoms with Gasteiger partial charge < -0.3 is 14.8 Å². The van der Waals surface area contributed by atoms with Crippen LogP contribution in [0.3, 0.4) is 0 Å². The number of anilines is 1. The van der Waals surface area contributed by atoms with Crippen LogP contribution in [0.4, 0.5) is 5.69 Å². The largest absolute Gasteiger partial charge is 0.491 e. The molecule has 0 spiro atoms. The van der Waals surface area contributed by atoms with E-state index in [-0.39, 0.29) is 40.8 Å². The van der Waals surface area contributed by atoms with Crippen LogP contribution in [0.15, 0.2) is 47.4 Å². The van der Waals surface area contributed by atoms with Crippen molar-refractivity contribution < 1.29 is 22.7 Å². The number of nitrogens with one attached hydrogen (secondary N) is 1. The fourth-order valence-electron chi connectivity index (χ4n) is 3.41. The minimum absolute atomic E-state index is 0.0648. The van der Waals surface area contributed by atoms with Crippen molar-refractivity contribution in [2.75, 3.05) is 25.0 Å². The Bertz CT molecular complexity index is 1030. The van der Waals surface area contributed by atoms with Crippen molar-refractivity contribution in [1.82, 2.24) is 4.31 Å². The summed E-state index contributed by atoms with van der Waals surface area (Å²) in [6, 6.07) is 11.3. The summed E-state index contributed by atoms with van der Waals surface area (Å²) in [6.07, 6.45) is 0.367. The van der Waals surface area contributed by atoms with Gasteiger partial charge in [-0.1, -0.05) is 30.7 Å². The predicted octanol–water partition coefficient (Wildman–Crippen LogP) is 4.18. The van der Waals surface area contributed by atoms with Crippen LogP contribution < -0.4 is 10.1 Å². The third kappa shape index (κ3) is 5.57. The summed E-state index contributed by atoms with van der Waals surface area (Å²) in [6.45, 7) is 6.60. The third-order valence-corrected chi connectivity index (χ3v) is 7.11. The molecule has 0 bridgehead atoms. The van der Waals surface area contributed by atoms with Gasteiger partial charge in [0.25, 0.3) is 5.91 Å². The summed E-state index contributed by atoms with van der Waals surface area (Å²) >= 11 is 6.23. The second-order valence-electron chi connectivity index (χ2n) is 7.52. The van der Waals surface area contributed by atoms with Gasteiger partial charge in [0.2, 0.25) is 10.0 Å². The molecule has 1 heterocycles. The molecule has 2 aromatic rings. The van der Waals surface area contributed by atoms with Gasteiger partial charge in [-0.05, 0) is 50.6 Å². The predicted molar refractivity (Wildman–Crippen MR) is 120 cm³/mol. The van der Waals surface area contributed by atoms with Crippen LogP contribution in [0.5, 0.6) is 5.75 Å². The van der Waals surface area contributed by atoms with Gasteiger partial charge in [-0.15, -0.1) is 0 Å². The SMILES string of the molecule is CCCOc1ccccc1NC(=O)c1ccc(Cl)c(S(=O)(=O)N2C[C@@H](C)O[C@H](C)C2)c1. The maximum absolute atomic E-state index is 13.2. The molecule has 0 aromatic heterocycles. The third-order valence-electron chi connectivity index (χ3n) is 4.79. The highest BCUT2D eigenvalue weighted by molar-refractivity contribution is 7.89. The monoisotopic (exact) mass is 466 g/mol. The Morgan fingerprint density at radius 3 is 2.55 bits per heavy atom. The minimum atomic E-state index is -3.89. The number of para-hydroxylation sites is 2. The van der Waals surface area contributed by atoms with Crippen molar-refractivity contribution in [2.24, 2.45) is 0 Å². The highest BCUT2D eigenvalue weighted by atomic mass is 35.5. The number of benzene rings is 2. The van der Waals surface area contributed by atoms with Crippen molar-refractivity contribution in [3.8, 4) is 5.75 Å². The fourth-order valence-corrected chi connectivity index (χ4v) is 5.50. The van der Waals surface area contributed by atoms with E-state index in [1.165, 1.54) is 22.5 Å². The second kappa shape index (κ2) is 9.99. The Labute approximate surface area is 188 Å². The van der Waals surface area contributed by atoms with Crippen LogP contribution in [-0.4, -0.2) is 50.5 Å². The maximum Gasteiger partial charge on any atom is 0.255 e. The van der Waals surface area contributed by atoms with Gasteiger partial charge in [0.15, 0.2) is 0 Å². The van der Waals surface area contributed by atoms with Crippen LogP contribution in [0, 0.1) is 0 Å². The van der Waals surface area contributed by atoms with E-state index in [9.17, 15) is 13.2 Å². The van der Waals surface area contributed by atoms with Crippen LogP contribution >= 0.6 is 11.6 Å². The molecule has 9 heteroatoms. The first kappa shape index (κ1) is 23.5. The first-order valence-corrected chi connectivity index (χ1v) is 12.0. The van der Waals surface area contributed by atoms with E-state index >= 15 is 0 Å². The second-order valence-corrected chi connectivity index (χ2v) is 9.84. The molecule has 0 unspecified atom stereocenters. The zero-order valence-electron chi connectivity index (χ0n) is 17.8. The standard InChI is InChI=1S/C22H27ClN2O5S/c1-4-11-29-20-8-6-5-7-19(20)24-22(26)17-9-10-18(23)21(12-17)31(27,28)25-13-15(2)30-16(3)14-25/h5-10,12,15-16H,4,11,13-14H2,1-3H3,(H,24,26)/t15-,16-/m1/s1. The molecule has 31 heavy (non-hydrogen) atoms. The maximum atomic E-state index is 13.2. The number of halogens is 1. The summed E-state index contributed by atoms with van der Waals surface area (Å²) in [4.78, 5) is 12.8. The molecule has 1 N–H and O–H groups in total. The quantitative estimate of drug-likeness (QED) is 0.661. The van der Waals surface area contributed by atoms with E-state index in [0.29, 0.717) is 18.0 Å². The number of carbonyl (C=O) groups is 1. The number of amides is 1. The van der Waals surface area contributed by atoms with Crippen LogP contribution in [-0.2, 0) is 14.8 Å². The van der Waals surface area contributed by atoms with E-state index in [0.717, 1.165) is 6.42 Å². The van der Waals surface area contributed by atoms with Gasteiger partial charge in [-0.25, -0.2) is 8.42 Å². The van der Waals surface area contributed by atoms with Gasteiger partial charge in [0.1, 0.15) is 10.6 Å². The number of sulfonamides is 1. The first-order valence-electron chi connectivity index (χ1n) is 10.2. The molecule has 1 saturated heterocycles. The Hall–Kier alpha value is -2.13. The number of ether oxygens (including phenoxy) is 2. The van der Waals surface area contributed by atoms with Gasteiger partial charge in [-0.2, -0.15) is 4.31 Å². The highest BCUT2D eigenvalue weighted by Gasteiger charge is 2.34. The molecular weight excluding hydrogens is 440 g/mol. The minimum Gasteiger partial charge on any atom is -0.491 e. The van der Waals surface area contributed by atoms with E-state index in [2.05, 4.69) is 5.32 Å². The van der Waals surface area contributed by atoms with Crippen LogP contribution in [0.1, 0.15) is 37.6 Å². The van der Waals surface area contributed by atoms with Crippen molar-refractivity contribution in [1.29, 1.82) is 0 Å². The van der Waals surface area contributed by atoms with Crippen LogP contribution in [0.25, 0.3) is 0 Å². The zero-order chi connectivity index (χ0) is 22.6. The number of hydrogen-bond donors (Lipinski definition) is 1. The molecule has 168 valence electrons. The number of rotatable bonds is 7. The van der Waals surface area contributed by atoms with Crippen LogP contribution in [0.2, 0.25) is 5.02 Å². The fraction of sp³-hybridized carbons (Fsp3) is 0.409. The van der Waals surface area contributed by atoms with E-state index < -0.39 is 15.9 Å². The van der Waals surface area contributed by atoms with Gasteiger partial charge >= 0.3 is 0 Å². The number of carbonyl (C=O) groups excluding carboxylic acids is 1. The molecular formula is C22H27ClN2O5S. The summed E-state index contributed by atoms with van der Waals surface area (Å²) in [5.74, 6) is 0.0974. The van der Waals surface area contributed by atoms with Crippen molar-refractivity contribution in [3.05, 3.63) is 53.1 Å². The topological polar surface area (TPSA) is 84.9 Å². The van der Waals surface area contributed by atoms with Crippen molar-refractivity contribution >= 4 is 33.2 Å². The Kier molecular flexibility index (Phi) is 7.59.